The van der Waals surface area contributed by atoms with Gasteiger partial charge in [-0.15, -0.1) is 0 Å². The lowest BCUT2D eigenvalue weighted by atomic mass is 10.00. The van der Waals surface area contributed by atoms with Crippen LogP contribution in [0.25, 0.3) is 28.7 Å². The van der Waals surface area contributed by atoms with E-state index in [1.807, 2.05) is 4.90 Å². The molecule has 5 nitrogen and oxygen atoms in total. The fourth-order valence-electron chi connectivity index (χ4n) is 3.98. The summed E-state index contributed by atoms with van der Waals surface area (Å²) in [6, 6.07) is 10.4. The normalized spacial score (nSPS) is 13.6. The predicted molar refractivity (Wildman–Crippen MR) is 120 cm³/mol. The summed E-state index contributed by atoms with van der Waals surface area (Å²) in [5.41, 5.74) is -1.40. The van der Waals surface area contributed by atoms with Crippen molar-refractivity contribution in [2.45, 2.75) is 25.4 Å². The van der Waals surface area contributed by atoms with Gasteiger partial charge in [-0.2, -0.15) is 36.5 Å². The van der Waals surface area contributed by atoms with E-state index in [1.54, 1.807) is 30.5 Å². The zero-order valence-corrected chi connectivity index (χ0v) is 18.7. The number of aromatic nitrogens is 4. The first-order valence-electron chi connectivity index (χ1n) is 10.9. The van der Waals surface area contributed by atoms with Crippen molar-refractivity contribution in [1.29, 1.82) is 0 Å². The molecule has 0 atom stereocenters. The number of hydrogen-bond donors (Lipinski definition) is 1. The molecule has 0 bridgehead atoms. The second-order valence-electron chi connectivity index (χ2n) is 8.32. The van der Waals surface area contributed by atoms with Gasteiger partial charge in [0.05, 0.1) is 52.6 Å². The largest absolute Gasteiger partial charge is 0.417 e. The highest BCUT2D eigenvalue weighted by Gasteiger charge is 2.38. The van der Waals surface area contributed by atoms with Crippen LogP contribution >= 0.6 is 0 Å². The Kier molecular flexibility index (Phi) is 5.97. The van der Waals surface area contributed by atoms with E-state index < -0.39 is 34.9 Å². The van der Waals surface area contributed by atoms with E-state index in [1.165, 1.54) is 18.2 Å². The molecule has 190 valence electrons. The number of imidazole rings is 1. The van der Waals surface area contributed by atoms with Crippen molar-refractivity contribution in [3.63, 3.8) is 0 Å². The highest BCUT2D eigenvalue weighted by atomic mass is 19.4. The van der Waals surface area contributed by atoms with Crippen LogP contribution in [0.2, 0.25) is 0 Å². The molecule has 4 aromatic rings. The molecule has 1 aliphatic heterocycles. The molecule has 1 aliphatic rings. The maximum Gasteiger partial charge on any atom is 0.417 e. The van der Waals surface area contributed by atoms with E-state index in [2.05, 4.69) is 20.2 Å². The number of aromatic amines is 1. The maximum absolute atomic E-state index is 14.1. The van der Waals surface area contributed by atoms with Crippen molar-refractivity contribution >= 4 is 6.08 Å². The lowest BCUT2D eigenvalue weighted by molar-refractivity contribution is -0.142. The molecule has 0 spiro atoms. The summed E-state index contributed by atoms with van der Waals surface area (Å²) in [7, 11) is 0. The number of rotatable bonds is 4. The number of benzene rings is 2. The highest BCUT2D eigenvalue weighted by molar-refractivity contribution is 5.65. The molecule has 0 unspecified atom stereocenters. The van der Waals surface area contributed by atoms with Gasteiger partial charge in [0.2, 0.25) is 0 Å². The van der Waals surface area contributed by atoms with Gasteiger partial charge in [-0.05, 0) is 42.5 Å². The van der Waals surface area contributed by atoms with E-state index in [9.17, 15) is 30.7 Å². The number of nitrogens with zero attached hydrogens (tertiary/aromatic N) is 4. The Bertz CT molecular complexity index is 1470. The number of fused-ring (bicyclic) bond motifs is 1. The molecule has 12 heteroatoms. The second-order valence-corrected chi connectivity index (χ2v) is 8.32. The average molecular weight is 519 g/mol. The van der Waals surface area contributed by atoms with Gasteiger partial charge in [-0.25, -0.2) is 9.37 Å². The fourth-order valence-corrected chi connectivity index (χ4v) is 3.98. The Morgan fingerprint density at radius 3 is 2.32 bits per heavy atom. The van der Waals surface area contributed by atoms with Crippen LogP contribution in [0.3, 0.4) is 0 Å². The first kappa shape index (κ1) is 24.5. The van der Waals surface area contributed by atoms with Crippen molar-refractivity contribution in [2.75, 3.05) is 0 Å². The van der Waals surface area contributed by atoms with Crippen LogP contribution in [-0.2, 0) is 25.4 Å². The van der Waals surface area contributed by atoms with E-state index in [4.69, 9.17) is 0 Å². The molecule has 0 saturated carbocycles. The molecule has 0 aliphatic carbocycles. The molecule has 0 saturated heterocycles. The van der Waals surface area contributed by atoms with Gasteiger partial charge < -0.3 is 9.88 Å². The van der Waals surface area contributed by atoms with Crippen LogP contribution in [0.1, 0.15) is 28.2 Å². The number of alkyl halides is 6. The quantitative estimate of drug-likeness (QED) is 0.305. The van der Waals surface area contributed by atoms with Crippen LogP contribution in [0.4, 0.5) is 30.7 Å². The van der Waals surface area contributed by atoms with E-state index in [0.29, 0.717) is 35.4 Å². The molecule has 2 aromatic carbocycles. The minimum atomic E-state index is -5.02. The summed E-state index contributed by atoms with van der Waals surface area (Å²) >= 11 is 0. The van der Waals surface area contributed by atoms with Crippen LogP contribution < -0.4 is 0 Å². The van der Waals surface area contributed by atoms with Crippen molar-refractivity contribution in [1.82, 2.24) is 25.1 Å². The smallest absolute Gasteiger partial charge is 0.366 e. The first-order valence-corrected chi connectivity index (χ1v) is 10.9. The Morgan fingerprint density at radius 2 is 1.65 bits per heavy atom. The topological polar surface area (TPSA) is 57.7 Å². The summed E-state index contributed by atoms with van der Waals surface area (Å²) in [6.07, 6.45) is -6.44. The summed E-state index contributed by atoms with van der Waals surface area (Å²) < 4.78 is 93.4. The van der Waals surface area contributed by atoms with Gasteiger partial charge in [0, 0.05) is 11.8 Å². The summed E-state index contributed by atoms with van der Waals surface area (Å²) in [5, 5.41) is 7.81. The zero-order valence-electron chi connectivity index (χ0n) is 18.7. The molecule has 37 heavy (non-hydrogen) atoms. The Balaban J connectivity index is 1.34. The highest BCUT2D eigenvalue weighted by Crippen LogP contribution is 2.40. The third-order valence-corrected chi connectivity index (χ3v) is 5.76. The summed E-state index contributed by atoms with van der Waals surface area (Å²) in [6.45, 7) is 0.629. The molecule has 2 aromatic heterocycles. The minimum Gasteiger partial charge on any atom is -0.366 e. The Morgan fingerprint density at radius 1 is 0.865 bits per heavy atom. The van der Waals surface area contributed by atoms with Gasteiger partial charge in [-0.1, -0.05) is 18.2 Å². The van der Waals surface area contributed by atoms with Gasteiger partial charge in [0.1, 0.15) is 11.6 Å². The minimum absolute atomic E-state index is 0.0704. The van der Waals surface area contributed by atoms with Crippen molar-refractivity contribution in [2.24, 2.45) is 0 Å². The number of H-pyrrole nitrogens is 1. The monoisotopic (exact) mass is 519 g/mol. The molecule has 0 amide bonds. The van der Waals surface area contributed by atoms with Gasteiger partial charge in [-0.3, -0.25) is 0 Å². The van der Waals surface area contributed by atoms with Crippen LogP contribution in [-0.4, -0.2) is 25.1 Å². The number of halogens is 7. The molecule has 1 N–H and O–H groups in total. The van der Waals surface area contributed by atoms with Crippen molar-refractivity contribution in [3.8, 4) is 22.6 Å². The average Bonchev–Trinajstić information content (AvgIpc) is 3.26. The summed E-state index contributed by atoms with van der Waals surface area (Å²) in [5.74, 6) is -0.0257. The van der Waals surface area contributed by atoms with E-state index >= 15 is 0 Å². The molecule has 0 fully saturated rings. The maximum atomic E-state index is 14.1. The van der Waals surface area contributed by atoms with E-state index in [0.717, 1.165) is 11.8 Å². The van der Waals surface area contributed by atoms with Crippen LogP contribution in [0.5, 0.6) is 0 Å². The van der Waals surface area contributed by atoms with Gasteiger partial charge >= 0.3 is 12.4 Å². The van der Waals surface area contributed by atoms with Crippen LogP contribution in [0, 0.1) is 5.82 Å². The Labute approximate surface area is 205 Å². The van der Waals surface area contributed by atoms with Crippen LogP contribution in [0.15, 0.2) is 60.8 Å². The van der Waals surface area contributed by atoms with Gasteiger partial charge in [0.25, 0.3) is 0 Å². The fraction of sp³-hybridized carbons (Fsp3) is 0.160. The third kappa shape index (κ3) is 5.04. The predicted octanol–water partition coefficient (Wildman–Crippen LogP) is 6.70. The summed E-state index contributed by atoms with van der Waals surface area (Å²) in [4.78, 5) is 9.37. The zero-order chi connectivity index (χ0) is 26.4. The lowest BCUT2D eigenvalue weighted by Gasteiger charge is -2.22. The SMILES string of the molecule is Fc1ccccc1-c1nc2c([nH]1)CN(Cc1ccc(-c3ccc(C(F)(F)F)cc3C(F)(F)F)nn1)C=C2. The molecular formula is C25H16F7N5. The molecule has 0 radical (unpaired) electrons. The molecule has 5 rings (SSSR count). The standard InChI is InChI=1S/C25H16F7N5/c26-19-4-2-1-3-17(19)23-33-21-9-10-37(13-22(21)34-23)12-15-6-8-20(36-35-15)16-7-5-14(24(27,28)29)11-18(16)25(30,31)32/h1-11H,12-13H2,(H,33,34). The molecular weight excluding hydrogens is 503 g/mol. The second kappa shape index (κ2) is 9.02. The number of hydrogen-bond acceptors (Lipinski definition) is 4. The van der Waals surface area contributed by atoms with Crippen molar-refractivity contribution < 1.29 is 30.7 Å². The Hall–Kier alpha value is -4.22. The van der Waals surface area contributed by atoms with E-state index in [-0.39, 0.29) is 18.3 Å². The van der Waals surface area contributed by atoms with Crippen molar-refractivity contribution in [3.05, 3.63) is 94.8 Å². The lowest BCUT2D eigenvalue weighted by Crippen LogP contribution is -2.20. The number of nitrogens with one attached hydrogen (secondary N) is 1. The van der Waals surface area contributed by atoms with Gasteiger partial charge in [0.15, 0.2) is 0 Å². The molecule has 3 heterocycles. The third-order valence-electron chi connectivity index (χ3n) is 5.76. The first-order chi connectivity index (χ1) is 17.5.